The Kier molecular flexibility index (Phi) is 6.64. The van der Waals surface area contributed by atoms with Crippen LogP contribution in [-0.4, -0.2) is 34.9 Å². The molecule has 0 aliphatic rings. The van der Waals surface area contributed by atoms with E-state index >= 15 is 0 Å². The maximum atomic E-state index is 11.2. The van der Waals surface area contributed by atoms with Crippen LogP contribution in [0.5, 0.6) is 0 Å². The second kappa shape index (κ2) is 7.19. The van der Waals surface area contributed by atoms with Crippen molar-refractivity contribution in [3.05, 3.63) is 0 Å². The minimum absolute atomic E-state index is 0.0899. The molecule has 15 heavy (non-hydrogen) atoms. The molecule has 0 aliphatic carbocycles. The van der Waals surface area contributed by atoms with Gasteiger partial charge in [-0.05, 0) is 6.42 Å². The predicted octanol–water partition coefficient (Wildman–Crippen LogP) is -0.223. The van der Waals surface area contributed by atoms with Crippen molar-refractivity contribution in [1.82, 2.24) is 0 Å². The maximum absolute atomic E-state index is 11.2. The van der Waals surface area contributed by atoms with Crippen molar-refractivity contribution in [1.29, 1.82) is 0 Å². The smallest absolute Gasteiger partial charge is 0.361 e. The number of carbonyl (C=O) groups is 2. The van der Waals surface area contributed by atoms with Gasteiger partial charge >= 0.3 is 11.9 Å². The number of rotatable bonds is 5. The first-order valence-corrected chi connectivity index (χ1v) is 4.76. The van der Waals surface area contributed by atoms with Crippen molar-refractivity contribution in [2.24, 2.45) is 5.92 Å². The zero-order chi connectivity index (χ0) is 11.8. The number of hydrogen-bond donors (Lipinski definition) is 2. The molecule has 0 aromatic carbocycles. The van der Waals surface area contributed by atoms with Gasteiger partial charge in [0.2, 0.25) is 0 Å². The molecule has 0 rings (SSSR count). The third kappa shape index (κ3) is 4.75. The van der Waals surface area contributed by atoms with E-state index in [9.17, 15) is 14.7 Å². The van der Waals surface area contributed by atoms with Gasteiger partial charge < -0.3 is 10.2 Å². The SMILES string of the molecule is CCC(=O)OOC(=O)C(CC)C(O)CO. The van der Waals surface area contributed by atoms with Crippen LogP contribution in [0, 0.1) is 5.92 Å². The molecule has 0 saturated carbocycles. The summed E-state index contributed by atoms with van der Waals surface area (Å²) in [4.78, 5) is 30.2. The fourth-order valence-corrected chi connectivity index (χ4v) is 0.931. The lowest BCUT2D eigenvalue weighted by Gasteiger charge is -2.16. The highest BCUT2D eigenvalue weighted by molar-refractivity contribution is 5.74. The van der Waals surface area contributed by atoms with Gasteiger partial charge in [0.25, 0.3) is 0 Å². The van der Waals surface area contributed by atoms with Gasteiger partial charge in [0.15, 0.2) is 0 Å². The van der Waals surface area contributed by atoms with E-state index in [4.69, 9.17) is 5.11 Å². The first-order valence-electron chi connectivity index (χ1n) is 4.76. The summed E-state index contributed by atoms with van der Waals surface area (Å²) in [5.74, 6) is -2.42. The van der Waals surface area contributed by atoms with Crippen molar-refractivity contribution < 1.29 is 29.6 Å². The number of aliphatic hydroxyl groups is 2. The minimum atomic E-state index is -1.21. The van der Waals surface area contributed by atoms with Gasteiger partial charge in [0.1, 0.15) is 0 Å². The van der Waals surface area contributed by atoms with Crippen LogP contribution in [0.3, 0.4) is 0 Å². The summed E-state index contributed by atoms with van der Waals surface area (Å²) in [6.45, 7) is 2.65. The third-order valence-corrected chi connectivity index (χ3v) is 1.90. The quantitative estimate of drug-likeness (QED) is 0.491. The van der Waals surface area contributed by atoms with Crippen LogP contribution < -0.4 is 0 Å². The van der Waals surface area contributed by atoms with Crippen LogP contribution in [0.25, 0.3) is 0 Å². The van der Waals surface area contributed by atoms with Gasteiger partial charge in [-0.2, -0.15) is 0 Å². The van der Waals surface area contributed by atoms with E-state index in [0.717, 1.165) is 0 Å². The van der Waals surface area contributed by atoms with E-state index < -0.39 is 30.6 Å². The number of hydrogen-bond acceptors (Lipinski definition) is 6. The lowest BCUT2D eigenvalue weighted by Crippen LogP contribution is -2.32. The molecule has 2 unspecified atom stereocenters. The summed E-state index contributed by atoms with van der Waals surface area (Å²) in [7, 11) is 0. The first kappa shape index (κ1) is 13.9. The van der Waals surface area contributed by atoms with Crippen LogP contribution in [-0.2, 0) is 19.4 Å². The van der Waals surface area contributed by atoms with Gasteiger partial charge in [-0.3, -0.25) is 0 Å². The van der Waals surface area contributed by atoms with E-state index in [1.165, 1.54) is 0 Å². The molecule has 0 aromatic rings. The van der Waals surface area contributed by atoms with Gasteiger partial charge in [0.05, 0.1) is 18.6 Å². The van der Waals surface area contributed by atoms with Gasteiger partial charge in [-0.1, -0.05) is 13.8 Å². The van der Waals surface area contributed by atoms with E-state index in [0.29, 0.717) is 0 Å². The molecule has 0 aliphatic heterocycles. The summed E-state index contributed by atoms with van der Waals surface area (Å²) < 4.78 is 0. The molecular weight excluding hydrogens is 204 g/mol. The summed E-state index contributed by atoms with van der Waals surface area (Å²) in [6, 6.07) is 0. The second-order valence-corrected chi connectivity index (χ2v) is 2.98. The first-order chi connectivity index (χ1) is 7.06. The molecule has 0 aromatic heterocycles. The Morgan fingerprint density at radius 2 is 1.87 bits per heavy atom. The van der Waals surface area contributed by atoms with Gasteiger partial charge in [-0.25, -0.2) is 19.4 Å². The standard InChI is InChI=1S/C9H16O6/c1-3-6(7(11)5-10)9(13)15-14-8(12)4-2/h6-7,10-11H,3-5H2,1-2H3. The van der Waals surface area contributed by atoms with Crippen LogP contribution in [0.15, 0.2) is 0 Å². The fourth-order valence-electron chi connectivity index (χ4n) is 0.931. The van der Waals surface area contributed by atoms with Crippen LogP contribution in [0.1, 0.15) is 26.7 Å². The van der Waals surface area contributed by atoms with Crippen LogP contribution in [0.2, 0.25) is 0 Å². The van der Waals surface area contributed by atoms with Crippen molar-refractivity contribution >= 4 is 11.9 Å². The second-order valence-electron chi connectivity index (χ2n) is 2.98. The largest absolute Gasteiger partial charge is 0.394 e. The number of carbonyl (C=O) groups excluding carboxylic acids is 2. The molecule has 0 fully saturated rings. The van der Waals surface area contributed by atoms with Crippen molar-refractivity contribution in [2.45, 2.75) is 32.8 Å². The van der Waals surface area contributed by atoms with E-state index in [1.807, 2.05) is 0 Å². The van der Waals surface area contributed by atoms with Crippen molar-refractivity contribution in [2.75, 3.05) is 6.61 Å². The van der Waals surface area contributed by atoms with Crippen LogP contribution >= 0.6 is 0 Å². The van der Waals surface area contributed by atoms with Crippen molar-refractivity contribution in [3.8, 4) is 0 Å². The van der Waals surface area contributed by atoms with E-state index in [1.54, 1.807) is 13.8 Å². The highest BCUT2D eigenvalue weighted by atomic mass is 17.2. The molecule has 0 saturated heterocycles. The Hall–Kier alpha value is -1.14. The van der Waals surface area contributed by atoms with Gasteiger partial charge in [-0.15, -0.1) is 0 Å². The highest BCUT2D eigenvalue weighted by Gasteiger charge is 2.27. The predicted molar refractivity (Wildman–Crippen MR) is 49.3 cm³/mol. The molecular formula is C9H16O6. The Balaban J connectivity index is 4.10. The Bertz CT molecular complexity index is 215. The molecule has 6 heteroatoms. The average molecular weight is 220 g/mol. The third-order valence-electron chi connectivity index (χ3n) is 1.90. The lowest BCUT2D eigenvalue weighted by atomic mass is 10.0. The van der Waals surface area contributed by atoms with Crippen molar-refractivity contribution in [3.63, 3.8) is 0 Å². The zero-order valence-electron chi connectivity index (χ0n) is 8.80. The molecule has 0 radical (unpaired) electrons. The van der Waals surface area contributed by atoms with E-state index in [2.05, 4.69) is 9.78 Å². The van der Waals surface area contributed by atoms with E-state index in [-0.39, 0.29) is 12.8 Å². The normalized spacial score (nSPS) is 14.1. The Labute approximate surface area is 87.7 Å². The lowest BCUT2D eigenvalue weighted by molar-refractivity contribution is -0.264. The molecule has 88 valence electrons. The molecule has 0 bridgehead atoms. The fraction of sp³-hybridized carbons (Fsp3) is 0.778. The van der Waals surface area contributed by atoms with Gasteiger partial charge in [0, 0.05) is 6.42 Å². The molecule has 2 N–H and O–H groups in total. The molecule has 2 atom stereocenters. The summed E-state index contributed by atoms with van der Waals surface area (Å²) in [6.07, 6.45) is -0.834. The monoisotopic (exact) mass is 220 g/mol. The van der Waals surface area contributed by atoms with Crippen LogP contribution in [0.4, 0.5) is 0 Å². The summed E-state index contributed by atoms with van der Waals surface area (Å²) in [5.41, 5.74) is 0. The zero-order valence-corrected chi connectivity index (χ0v) is 8.80. The molecule has 0 spiro atoms. The molecule has 0 amide bonds. The highest BCUT2D eigenvalue weighted by Crippen LogP contribution is 2.11. The summed E-state index contributed by atoms with van der Waals surface area (Å²) >= 11 is 0. The molecule has 6 nitrogen and oxygen atoms in total. The Morgan fingerprint density at radius 1 is 1.27 bits per heavy atom. The summed E-state index contributed by atoms with van der Waals surface area (Å²) in [5, 5.41) is 17.9. The average Bonchev–Trinajstić information content (AvgIpc) is 2.26. The minimum Gasteiger partial charge on any atom is -0.394 e. The maximum Gasteiger partial charge on any atom is 0.361 e. The molecule has 0 heterocycles. The topological polar surface area (TPSA) is 93.1 Å². The Morgan fingerprint density at radius 3 is 2.27 bits per heavy atom. The number of aliphatic hydroxyl groups excluding tert-OH is 2.